The lowest BCUT2D eigenvalue weighted by Crippen LogP contribution is -2.32. The molecule has 0 heterocycles. The average Bonchev–Trinajstić information content (AvgIpc) is 2.09. The molecule has 0 rings (SSSR count). The summed E-state index contributed by atoms with van der Waals surface area (Å²) in [6, 6.07) is -1.12. The van der Waals surface area contributed by atoms with E-state index in [1.54, 1.807) is 0 Å². The van der Waals surface area contributed by atoms with E-state index in [9.17, 15) is 13.6 Å². The fourth-order valence-corrected chi connectivity index (χ4v) is 1.45. The van der Waals surface area contributed by atoms with Gasteiger partial charge in [-0.15, -0.1) is 4.20 Å². The quantitative estimate of drug-likeness (QED) is 0.447. The second kappa shape index (κ2) is 6.14. The number of hydrogen-bond acceptors (Lipinski definition) is 5. The van der Waals surface area contributed by atoms with Gasteiger partial charge in [-0.3, -0.25) is 14.2 Å². The standard InChI is InChI=1S/C6H14FN2O5P/c7-15(12,13)14-4(3-8)1-2-5(9)6(10)11/h4-5H,1-3,8-9H2,(H,10,11)(H,12,13)/t4-,5+/m1/s1. The Bertz CT molecular complexity index is 258. The summed E-state index contributed by atoms with van der Waals surface area (Å²) in [7, 11) is -5.09. The zero-order valence-electron chi connectivity index (χ0n) is 7.88. The molecule has 0 aliphatic carbocycles. The Balaban J connectivity index is 4.01. The van der Waals surface area contributed by atoms with Gasteiger partial charge in [0.2, 0.25) is 0 Å². The molecule has 0 aliphatic heterocycles. The molecule has 90 valence electrons. The van der Waals surface area contributed by atoms with Gasteiger partial charge >= 0.3 is 13.9 Å². The maximum absolute atomic E-state index is 12.2. The molecule has 15 heavy (non-hydrogen) atoms. The number of hydrogen-bond donors (Lipinski definition) is 4. The number of carboxylic acids is 1. The predicted molar refractivity (Wildman–Crippen MR) is 49.7 cm³/mol. The van der Waals surface area contributed by atoms with Crippen molar-refractivity contribution in [3.05, 3.63) is 0 Å². The van der Waals surface area contributed by atoms with Crippen LogP contribution in [-0.2, 0) is 13.9 Å². The van der Waals surface area contributed by atoms with Gasteiger partial charge in [-0.1, -0.05) is 0 Å². The van der Waals surface area contributed by atoms with Crippen LogP contribution in [-0.4, -0.2) is 34.7 Å². The summed E-state index contributed by atoms with van der Waals surface area (Å²) in [5.74, 6) is -1.21. The Hall–Kier alpha value is -0.530. The fraction of sp³-hybridized carbons (Fsp3) is 0.833. The first-order valence-corrected chi connectivity index (χ1v) is 5.62. The lowest BCUT2D eigenvalue weighted by Gasteiger charge is -2.16. The van der Waals surface area contributed by atoms with E-state index in [1.165, 1.54) is 0 Å². The Morgan fingerprint density at radius 1 is 1.53 bits per heavy atom. The summed E-state index contributed by atoms with van der Waals surface area (Å²) in [6.07, 6.45) is -1.04. The third-order valence-corrected chi connectivity index (χ3v) is 2.22. The van der Waals surface area contributed by atoms with Gasteiger partial charge < -0.3 is 16.6 Å². The summed E-state index contributed by atoms with van der Waals surface area (Å²) < 4.78 is 26.5. The van der Waals surface area contributed by atoms with Crippen LogP contribution in [0.5, 0.6) is 0 Å². The van der Waals surface area contributed by atoms with Gasteiger partial charge in [0.1, 0.15) is 6.04 Å². The van der Waals surface area contributed by atoms with Crippen LogP contribution >= 0.6 is 7.91 Å². The van der Waals surface area contributed by atoms with E-state index in [4.69, 9.17) is 21.5 Å². The SMILES string of the molecule is NC[C@@H](CC[C@H](N)C(=O)O)OP(=O)(O)F. The van der Waals surface area contributed by atoms with Crippen LogP contribution in [0.3, 0.4) is 0 Å². The molecule has 0 aliphatic rings. The second-order valence-electron chi connectivity index (χ2n) is 2.94. The lowest BCUT2D eigenvalue weighted by molar-refractivity contribution is -0.138. The van der Waals surface area contributed by atoms with E-state index in [2.05, 4.69) is 4.52 Å². The highest BCUT2D eigenvalue weighted by Crippen LogP contribution is 2.45. The summed E-state index contributed by atoms with van der Waals surface area (Å²) in [4.78, 5) is 18.6. The molecule has 3 atom stereocenters. The molecule has 0 amide bonds. The maximum Gasteiger partial charge on any atom is 0.510 e. The number of aliphatic carboxylic acids is 1. The Kier molecular flexibility index (Phi) is 5.92. The van der Waals surface area contributed by atoms with Gasteiger partial charge in [-0.2, -0.15) is 0 Å². The smallest absolute Gasteiger partial charge is 0.480 e. The van der Waals surface area contributed by atoms with Crippen molar-refractivity contribution in [2.24, 2.45) is 11.5 Å². The van der Waals surface area contributed by atoms with Crippen molar-refractivity contribution in [1.82, 2.24) is 0 Å². The van der Waals surface area contributed by atoms with Crippen molar-refractivity contribution in [3.8, 4) is 0 Å². The van der Waals surface area contributed by atoms with Crippen molar-refractivity contribution in [2.45, 2.75) is 25.0 Å². The normalized spacial score (nSPS) is 19.2. The van der Waals surface area contributed by atoms with Crippen LogP contribution in [0.15, 0.2) is 0 Å². The molecule has 6 N–H and O–H groups in total. The summed E-state index contributed by atoms with van der Waals surface area (Å²) >= 11 is 0. The minimum absolute atomic E-state index is 0.00155. The summed E-state index contributed by atoms with van der Waals surface area (Å²) in [5, 5.41) is 8.42. The maximum atomic E-state index is 12.2. The van der Waals surface area contributed by atoms with Crippen LogP contribution in [0.1, 0.15) is 12.8 Å². The van der Waals surface area contributed by atoms with Gasteiger partial charge in [-0.05, 0) is 12.8 Å². The number of halogens is 1. The first kappa shape index (κ1) is 14.5. The Labute approximate surface area is 85.9 Å². The van der Waals surface area contributed by atoms with Gasteiger partial charge in [0, 0.05) is 6.54 Å². The second-order valence-corrected chi connectivity index (χ2v) is 4.05. The average molecular weight is 244 g/mol. The lowest BCUT2D eigenvalue weighted by atomic mass is 10.1. The zero-order chi connectivity index (χ0) is 12.1. The van der Waals surface area contributed by atoms with Crippen LogP contribution in [0.4, 0.5) is 4.20 Å². The number of carboxylic acid groups (broad SMARTS) is 1. The molecule has 0 saturated carbocycles. The monoisotopic (exact) mass is 244 g/mol. The summed E-state index contributed by atoms with van der Waals surface area (Å²) in [5.41, 5.74) is 10.3. The van der Waals surface area contributed by atoms with Gasteiger partial charge in [0.05, 0.1) is 6.10 Å². The first-order chi connectivity index (χ1) is 6.76. The van der Waals surface area contributed by atoms with Crippen molar-refractivity contribution in [2.75, 3.05) is 6.54 Å². The van der Waals surface area contributed by atoms with Crippen molar-refractivity contribution in [1.29, 1.82) is 0 Å². The highest BCUT2D eigenvalue weighted by Gasteiger charge is 2.24. The van der Waals surface area contributed by atoms with E-state index >= 15 is 0 Å². The highest BCUT2D eigenvalue weighted by atomic mass is 31.2. The van der Waals surface area contributed by atoms with E-state index in [0.717, 1.165) is 0 Å². The molecule has 0 saturated heterocycles. The number of nitrogens with two attached hydrogens (primary N) is 2. The van der Waals surface area contributed by atoms with Crippen LogP contribution in [0.25, 0.3) is 0 Å². The van der Waals surface area contributed by atoms with Crippen molar-refractivity contribution < 1.29 is 28.1 Å². The number of rotatable bonds is 7. The molecule has 1 unspecified atom stereocenters. The Morgan fingerprint density at radius 2 is 2.07 bits per heavy atom. The van der Waals surface area contributed by atoms with Crippen molar-refractivity contribution in [3.63, 3.8) is 0 Å². The largest absolute Gasteiger partial charge is 0.510 e. The highest BCUT2D eigenvalue weighted by molar-refractivity contribution is 7.46. The van der Waals surface area contributed by atoms with Crippen molar-refractivity contribution >= 4 is 13.9 Å². The topological polar surface area (TPSA) is 136 Å². The molecular weight excluding hydrogens is 230 g/mol. The number of carbonyl (C=O) groups is 1. The zero-order valence-corrected chi connectivity index (χ0v) is 8.77. The van der Waals surface area contributed by atoms with Crippen LogP contribution < -0.4 is 11.5 Å². The molecule has 9 heteroatoms. The molecule has 0 aromatic rings. The van der Waals surface area contributed by atoms with E-state index in [1.807, 2.05) is 0 Å². The molecule has 0 aromatic carbocycles. The van der Waals surface area contributed by atoms with E-state index in [-0.39, 0.29) is 19.4 Å². The minimum Gasteiger partial charge on any atom is -0.480 e. The Morgan fingerprint density at radius 3 is 2.40 bits per heavy atom. The molecule has 0 spiro atoms. The molecular formula is C6H14FN2O5P. The van der Waals surface area contributed by atoms with Gasteiger partial charge in [0.15, 0.2) is 0 Å². The third kappa shape index (κ3) is 7.40. The molecule has 7 nitrogen and oxygen atoms in total. The van der Waals surface area contributed by atoms with Crippen LogP contribution in [0, 0.1) is 0 Å². The third-order valence-electron chi connectivity index (χ3n) is 1.66. The van der Waals surface area contributed by atoms with E-state index in [0.29, 0.717) is 0 Å². The first-order valence-electron chi connectivity index (χ1n) is 4.15. The van der Waals surface area contributed by atoms with Gasteiger partial charge in [-0.25, -0.2) is 4.57 Å². The molecule has 0 fully saturated rings. The molecule has 0 bridgehead atoms. The van der Waals surface area contributed by atoms with Gasteiger partial charge in [0.25, 0.3) is 0 Å². The van der Waals surface area contributed by atoms with E-state index < -0.39 is 26.0 Å². The fourth-order valence-electron chi connectivity index (χ4n) is 0.886. The summed E-state index contributed by atoms with van der Waals surface area (Å²) in [6.45, 7) is -0.194. The van der Waals surface area contributed by atoms with Crippen LogP contribution in [0.2, 0.25) is 0 Å². The predicted octanol–water partition coefficient (Wildman–Crippen LogP) is -0.408. The molecule has 0 aromatic heterocycles. The minimum atomic E-state index is -5.09. The molecule has 0 radical (unpaired) electrons.